The molecule has 1 unspecified atom stereocenters. The molecule has 0 saturated carbocycles. The minimum atomic E-state index is 0. The monoisotopic (exact) mass is 481 g/mol. The summed E-state index contributed by atoms with van der Waals surface area (Å²) in [5.74, 6) is 1.41. The van der Waals surface area contributed by atoms with E-state index >= 15 is 0 Å². The summed E-state index contributed by atoms with van der Waals surface area (Å²) in [6.45, 7) is 14.0. The summed E-state index contributed by atoms with van der Waals surface area (Å²) in [5.41, 5.74) is 1.12. The number of morpholine rings is 1. The van der Waals surface area contributed by atoms with Crippen LogP contribution in [0, 0.1) is 19.8 Å². The van der Waals surface area contributed by atoms with Crippen molar-refractivity contribution in [2.24, 2.45) is 10.9 Å². The lowest BCUT2D eigenvalue weighted by molar-refractivity contribution is 0.00752. The molecule has 1 aliphatic rings. The highest BCUT2D eigenvalue weighted by molar-refractivity contribution is 14.0. The Morgan fingerprint density at radius 1 is 1.28 bits per heavy atom. The number of hydrogen-bond acceptors (Lipinski definition) is 5. The number of ether oxygens (including phenoxy) is 1. The molecule has 1 fully saturated rings. The highest BCUT2D eigenvalue weighted by atomic mass is 127. The average molecular weight is 481 g/mol. The number of aromatic nitrogens is 1. The van der Waals surface area contributed by atoms with Crippen molar-refractivity contribution in [2.75, 3.05) is 39.9 Å². The SMILES string of the molecule is CN=C(NCc1nc(C)c(C)s1)NCC(C(C)C)N1CCOCC1.I. The number of nitrogens with one attached hydrogen (secondary N) is 2. The minimum Gasteiger partial charge on any atom is -0.379 e. The fraction of sp³-hybridized carbons (Fsp3) is 0.765. The van der Waals surface area contributed by atoms with E-state index in [1.54, 1.807) is 11.3 Å². The predicted octanol–water partition coefficient (Wildman–Crippen LogP) is 2.40. The summed E-state index contributed by atoms with van der Waals surface area (Å²) in [7, 11) is 1.81. The molecule has 0 aliphatic carbocycles. The largest absolute Gasteiger partial charge is 0.379 e. The van der Waals surface area contributed by atoms with Gasteiger partial charge >= 0.3 is 0 Å². The Hall–Kier alpha value is -0.450. The van der Waals surface area contributed by atoms with Gasteiger partial charge in [0.1, 0.15) is 5.01 Å². The van der Waals surface area contributed by atoms with Crippen molar-refractivity contribution in [3.8, 4) is 0 Å². The Kier molecular flexibility index (Phi) is 10.2. The first kappa shape index (κ1) is 22.6. The fourth-order valence-electron chi connectivity index (χ4n) is 2.89. The number of halogens is 1. The van der Waals surface area contributed by atoms with Crippen LogP contribution in [0.15, 0.2) is 4.99 Å². The van der Waals surface area contributed by atoms with Crippen LogP contribution in [0.2, 0.25) is 0 Å². The van der Waals surface area contributed by atoms with Gasteiger partial charge in [-0.25, -0.2) is 4.98 Å². The first-order valence-electron chi connectivity index (χ1n) is 8.70. The third-order valence-electron chi connectivity index (χ3n) is 4.47. The molecule has 1 aromatic rings. The quantitative estimate of drug-likeness (QED) is 0.371. The molecule has 25 heavy (non-hydrogen) atoms. The maximum Gasteiger partial charge on any atom is 0.191 e. The summed E-state index contributed by atoms with van der Waals surface area (Å²) in [6, 6.07) is 0.483. The zero-order valence-corrected chi connectivity index (χ0v) is 19.1. The van der Waals surface area contributed by atoms with Gasteiger partial charge in [0.2, 0.25) is 0 Å². The number of guanidine groups is 1. The Labute approximate surface area is 172 Å². The van der Waals surface area contributed by atoms with Gasteiger partial charge in [-0.2, -0.15) is 0 Å². The molecular formula is C17H32IN5OS. The van der Waals surface area contributed by atoms with Crippen LogP contribution in [0.25, 0.3) is 0 Å². The second kappa shape index (κ2) is 11.3. The third kappa shape index (κ3) is 6.99. The van der Waals surface area contributed by atoms with Crippen LogP contribution in [0.1, 0.15) is 29.4 Å². The predicted molar refractivity (Wildman–Crippen MR) is 116 cm³/mol. The van der Waals surface area contributed by atoms with Crippen LogP contribution in [0.3, 0.4) is 0 Å². The van der Waals surface area contributed by atoms with Crippen LogP contribution in [-0.4, -0.2) is 61.8 Å². The molecule has 6 nitrogen and oxygen atoms in total. The van der Waals surface area contributed by atoms with Gasteiger partial charge < -0.3 is 15.4 Å². The minimum absolute atomic E-state index is 0. The second-order valence-electron chi connectivity index (χ2n) is 6.52. The molecule has 1 aliphatic heterocycles. The molecule has 0 amide bonds. The van der Waals surface area contributed by atoms with Crippen LogP contribution in [0.5, 0.6) is 0 Å². The van der Waals surface area contributed by atoms with Crippen molar-refractivity contribution in [3.63, 3.8) is 0 Å². The zero-order chi connectivity index (χ0) is 17.5. The Morgan fingerprint density at radius 3 is 2.48 bits per heavy atom. The number of hydrogen-bond donors (Lipinski definition) is 2. The van der Waals surface area contributed by atoms with E-state index in [-0.39, 0.29) is 24.0 Å². The Bertz CT molecular complexity index is 524. The molecule has 1 aromatic heterocycles. The van der Waals surface area contributed by atoms with Gasteiger partial charge in [-0.1, -0.05) is 13.8 Å². The summed E-state index contributed by atoms with van der Waals surface area (Å²) in [5, 5.41) is 7.94. The molecule has 0 aromatic carbocycles. The molecule has 1 atom stereocenters. The summed E-state index contributed by atoms with van der Waals surface area (Å²) >= 11 is 1.74. The molecule has 0 spiro atoms. The summed E-state index contributed by atoms with van der Waals surface area (Å²) in [4.78, 5) is 12.7. The zero-order valence-electron chi connectivity index (χ0n) is 16.0. The lowest BCUT2D eigenvalue weighted by Gasteiger charge is -2.37. The number of rotatable bonds is 6. The van der Waals surface area contributed by atoms with Gasteiger partial charge in [-0.15, -0.1) is 35.3 Å². The molecular weight excluding hydrogens is 449 g/mol. The van der Waals surface area contributed by atoms with Crippen LogP contribution in [0.4, 0.5) is 0 Å². The molecule has 2 rings (SSSR count). The van der Waals surface area contributed by atoms with Crippen LogP contribution < -0.4 is 10.6 Å². The Morgan fingerprint density at radius 2 is 1.96 bits per heavy atom. The van der Waals surface area contributed by atoms with Gasteiger partial charge in [0, 0.05) is 37.6 Å². The maximum atomic E-state index is 5.47. The van der Waals surface area contributed by atoms with Crippen LogP contribution >= 0.6 is 35.3 Å². The van der Waals surface area contributed by atoms with E-state index in [1.807, 2.05) is 7.05 Å². The molecule has 0 bridgehead atoms. The van der Waals surface area contributed by atoms with E-state index in [1.165, 1.54) is 4.88 Å². The third-order valence-corrected chi connectivity index (χ3v) is 5.54. The van der Waals surface area contributed by atoms with E-state index in [4.69, 9.17) is 4.74 Å². The van der Waals surface area contributed by atoms with Crippen molar-refractivity contribution in [2.45, 2.75) is 40.3 Å². The number of aliphatic imine (C=N–C) groups is 1. The van der Waals surface area contributed by atoms with E-state index in [2.05, 4.69) is 53.2 Å². The lowest BCUT2D eigenvalue weighted by Crippen LogP contribution is -2.52. The van der Waals surface area contributed by atoms with Crippen molar-refractivity contribution in [1.82, 2.24) is 20.5 Å². The van der Waals surface area contributed by atoms with E-state index < -0.39 is 0 Å². The normalized spacial score (nSPS) is 17.3. The molecule has 144 valence electrons. The molecule has 8 heteroatoms. The van der Waals surface area contributed by atoms with Crippen LogP contribution in [-0.2, 0) is 11.3 Å². The second-order valence-corrected chi connectivity index (χ2v) is 7.80. The molecule has 0 radical (unpaired) electrons. The van der Waals surface area contributed by atoms with Crippen molar-refractivity contribution >= 4 is 41.3 Å². The van der Waals surface area contributed by atoms with Crippen molar-refractivity contribution < 1.29 is 4.74 Å². The summed E-state index contributed by atoms with van der Waals surface area (Å²) < 4.78 is 5.47. The van der Waals surface area contributed by atoms with Gasteiger partial charge in [0.25, 0.3) is 0 Å². The smallest absolute Gasteiger partial charge is 0.191 e. The van der Waals surface area contributed by atoms with E-state index in [9.17, 15) is 0 Å². The average Bonchev–Trinajstić information content (AvgIpc) is 2.89. The van der Waals surface area contributed by atoms with Gasteiger partial charge in [-0.05, 0) is 19.8 Å². The van der Waals surface area contributed by atoms with Gasteiger partial charge in [-0.3, -0.25) is 9.89 Å². The lowest BCUT2D eigenvalue weighted by atomic mass is 10.0. The summed E-state index contributed by atoms with van der Waals surface area (Å²) in [6.07, 6.45) is 0. The van der Waals surface area contributed by atoms with Crippen molar-refractivity contribution in [3.05, 3.63) is 15.6 Å². The molecule has 2 heterocycles. The highest BCUT2D eigenvalue weighted by Gasteiger charge is 2.23. The number of thiazole rings is 1. The van der Waals surface area contributed by atoms with Crippen molar-refractivity contribution in [1.29, 1.82) is 0 Å². The maximum absolute atomic E-state index is 5.47. The number of nitrogens with zero attached hydrogens (tertiary/aromatic N) is 3. The fourth-order valence-corrected chi connectivity index (χ4v) is 3.77. The Balaban J connectivity index is 0.00000312. The van der Waals surface area contributed by atoms with E-state index in [0.717, 1.165) is 49.5 Å². The molecule has 1 saturated heterocycles. The first-order valence-corrected chi connectivity index (χ1v) is 9.52. The van der Waals surface area contributed by atoms with Gasteiger partial charge in [0.15, 0.2) is 5.96 Å². The van der Waals surface area contributed by atoms with E-state index in [0.29, 0.717) is 18.5 Å². The standard InChI is InChI=1S/C17H31N5OS.HI/c1-12(2)15(22-6-8-23-9-7-22)10-19-17(18-5)20-11-16-21-13(3)14(4)24-16;/h12,15H,6-11H2,1-5H3,(H2,18,19,20);1H. The number of aryl methyl sites for hydroxylation is 2. The van der Waals surface area contributed by atoms with Gasteiger partial charge in [0.05, 0.1) is 25.5 Å². The molecule has 2 N–H and O–H groups in total. The first-order chi connectivity index (χ1) is 11.5. The highest BCUT2D eigenvalue weighted by Crippen LogP contribution is 2.16. The topological polar surface area (TPSA) is 61.8 Å².